The Hall–Kier alpha value is 0.270. The second-order valence-corrected chi connectivity index (χ2v) is 8.84. The Kier molecular flexibility index (Phi) is 5.62. The molecule has 19 heavy (non-hydrogen) atoms. The summed E-state index contributed by atoms with van der Waals surface area (Å²) in [6.45, 7) is 13.2. The minimum atomic E-state index is 0.374. The molecular formula is C16H32N2S. The summed E-state index contributed by atoms with van der Waals surface area (Å²) < 4.78 is 0. The van der Waals surface area contributed by atoms with E-state index in [-0.39, 0.29) is 0 Å². The second kappa shape index (κ2) is 6.82. The molecule has 0 spiro atoms. The third kappa shape index (κ3) is 4.37. The van der Waals surface area contributed by atoms with Gasteiger partial charge < -0.3 is 5.32 Å². The molecule has 1 saturated heterocycles. The average Bonchev–Trinajstić information content (AvgIpc) is 2.64. The van der Waals surface area contributed by atoms with Gasteiger partial charge >= 0.3 is 0 Å². The molecule has 1 aliphatic heterocycles. The lowest BCUT2D eigenvalue weighted by Crippen LogP contribution is -2.48. The standard InChI is InChI=1S/C16H32N2S/c1-5-19-14-8-7-13(11-14)18-10-6-9-17-15(12-18)16(2,3)4/h13-15,17H,5-12H2,1-4H3. The van der Waals surface area contributed by atoms with E-state index in [0.717, 1.165) is 11.3 Å². The van der Waals surface area contributed by atoms with Gasteiger partial charge in [0.2, 0.25) is 0 Å². The van der Waals surface area contributed by atoms with E-state index in [1.807, 2.05) is 0 Å². The first-order valence-electron chi connectivity index (χ1n) is 8.09. The molecule has 112 valence electrons. The quantitative estimate of drug-likeness (QED) is 0.855. The first-order valence-corrected chi connectivity index (χ1v) is 9.14. The third-order valence-corrected chi connectivity index (χ3v) is 5.98. The Morgan fingerprint density at radius 3 is 2.74 bits per heavy atom. The van der Waals surface area contributed by atoms with E-state index in [9.17, 15) is 0 Å². The summed E-state index contributed by atoms with van der Waals surface area (Å²) in [6, 6.07) is 1.50. The maximum Gasteiger partial charge on any atom is 0.0243 e. The van der Waals surface area contributed by atoms with Crippen molar-refractivity contribution in [2.45, 2.75) is 70.7 Å². The van der Waals surface area contributed by atoms with Gasteiger partial charge in [0.1, 0.15) is 0 Å². The second-order valence-electron chi connectivity index (χ2n) is 7.27. The number of hydrogen-bond acceptors (Lipinski definition) is 3. The molecule has 0 amide bonds. The molecule has 3 atom stereocenters. The predicted molar refractivity (Wildman–Crippen MR) is 87.0 cm³/mol. The summed E-state index contributed by atoms with van der Waals surface area (Å²) in [5.74, 6) is 1.28. The fourth-order valence-corrected chi connectivity index (χ4v) is 4.63. The van der Waals surface area contributed by atoms with Crippen LogP contribution in [0.2, 0.25) is 0 Å². The van der Waals surface area contributed by atoms with Crippen molar-refractivity contribution in [3.63, 3.8) is 0 Å². The Labute approximate surface area is 124 Å². The topological polar surface area (TPSA) is 15.3 Å². The molecule has 2 rings (SSSR count). The van der Waals surface area contributed by atoms with Crippen LogP contribution < -0.4 is 5.32 Å². The van der Waals surface area contributed by atoms with E-state index < -0.39 is 0 Å². The third-order valence-electron chi connectivity index (χ3n) is 4.75. The van der Waals surface area contributed by atoms with Gasteiger partial charge in [-0.2, -0.15) is 11.8 Å². The van der Waals surface area contributed by atoms with E-state index in [0.29, 0.717) is 11.5 Å². The van der Waals surface area contributed by atoms with Gasteiger partial charge in [0.15, 0.2) is 0 Å². The van der Waals surface area contributed by atoms with Crippen LogP contribution in [-0.2, 0) is 0 Å². The molecule has 0 aromatic heterocycles. The predicted octanol–water partition coefficient (Wildman–Crippen LogP) is 3.37. The number of nitrogens with one attached hydrogen (secondary N) is 1. The monoisotopic (exact) mass is 284 g/mol. The van der Waals surface area contributed by atoms with Crippen molar-refractivity contribution < 1.29 is 0 Å². The minimum absolute atomic E-state index is 0.374. The molecule has 3 heteroatoms. The normalized spacial score (nSPS) is 34.4. The highest BCUT2D eigenvalue weighted by molar-refractivity contribution is 7.99. The molecule has 0 bridgehead atoms. The van der Waals surface area contributed by atoms with Gasteiger partial charge in [-0.05, 0) is 49.9 Å². The first-order chi connectivity index (χ1) is 9.00. The lowest BCUT2D eigenvalue weighted by atomic mass is 9.86. The van der Waals surface area contributed by atoms with Crippen molar-refractivity contribution in [1.29, 1.82) is 0 Å². The molecule has 1 saturated carbocycles. The maximum absolute atomic E-state index is 3.76. The first kappa shape index (κ1) is 15.7. The average molecular weight is 285 g/mol. The number of rotatable bonds is 3. The van der Waals surface area contributed by atoms with Gasteiger partial charge in [0.05, 0.1) is 0 Å². The molecule has 1 heterocycles. The van der Waals surface area contributed by atoms with Crippen LogP contribution in [0.4, 0.5) is 0 Å². The summed E-state index contributed by atoms with van der Waals surface area (Å²) in [5.41, 5.74) is 0.374. The number of thioether (sulfide) groups is 1. The summed E-state index contributed by atoms with van der Waals surface area (Å²) in [6.07, 6.45) is 5.60. The van der Waals surface area contributed by atoms with Gasteiger partial charge in [-0.1, -0.05) is 27.7 Å². The van der Waals surface area contributed by atoms with E-state index in [1.165, 1.54) is 51.1 Å². The number of nitrogens with zero attached hydrogens (tertiary/aromatic N) is 1. The summed E-state index contributed by atoms with van der Waals surface area (Å²) in [7, 11) is 0. The molecule has 0 aromatic carbocycles. The summed E-state index contributed by atoms with van der Waals surface area (Å²) >= 11 is 2.18. The lowest BCUT2D eigenvalue weighted by Gasteiger charge is -2.36. The van der Waals surface area contributed by atoms with Crippen LogP contribution in [0.1, 0.15) is 53.4 Å². The van der Waals surface area contributed by atoms with Crippen LogP contribution in [0.5, 0.6) is 0 Å². The van der Waals surface area contributed by atoms with E-state index in [1.54, 1.807) is 0 Å². The van der Waals surface area contributed by atoms with Crippen LogP contribution in [0.15, 0.2) is 0 Å². The zero-order chi connectivity index (χ0) is 13.9. The van der Waals surface area contributed by atoms with Gasteiger partial charge in [0.25, 0.3) is 0 Å². The van der Waals surface area contributed by atoms with Gasteiger partial charge in [-0.3, -0.25) is 4.90 Å². The van der Waals surface area contributed by atoms with Gasteiger partial charge in [0, 0.05) is 23.9 Å². The van der Waals surface area contributed by atoms with Crippen molar-refractivity contribution in [2.75, 3.05) is 25.4 Å². The molecule has 3 unspecified atom stereocenters. The van der Waals surface area contributed by atoms with Crippen LogP contribution in [0, 0.1) is 5.41 Å². The van der Waals surface area contributed by atoms with E-state index in [4.69, 9.17) is 0 Å². The van der Waals surface area contributed by atoms with Crippen LogP contribution >= 0.6 is 11.8 Å². The highest BCUT2D eigenvalue weighted by atomic mass is 32.2. The van der Waals surface area contributed by atoms with Gasteiger partial charge in [-0.25, -0.2) is 0 Å². The Morgan fingerprint density at radius 1 is 1.26 bits per heavy atom. The van der Waals surface area contributed by atoms with E-state index >= 15 is 0 Å². The molecular weight excluding hydrogens is 252 g/mol. The highest BCUT2D eigenvalue weighted by Gasteiger charge is 2.34. The van der Waals surface area contributed by atoms with Crippen LogP contribution in [0.25, 0.3) is 0 Å². The largest absolute Gasteiger partial charge is 0.312 e. The molecule has 1 N–H and O–H groups in total. The zero-order valence-electron chi connectivity index (χ0n) is 13.2. The molecule has 2 nitrogen and oxygen atoms in total. The fraction of sp³-hybridized carbons (Fsp3) is 1.00. The molecule has 0 aromatic rings. The minimum Gasteiger partial charge on any atom is -0.312 e. The van der Waals surface area contributed by atoms with Crippen LogP contribution in [0.3, 0.4) is 0 Å². The smallest absolute Gasteiger partial charge is 0.0243 e. The van der Waals surface area contributed by atoms with Crippen LogP contribution in [-0.4, -0.2) is 47.6 Å². The molecule has 0 radical (unpaired) electrons. The van der Waals surface area contributed by atoms with Gasteiger partial charge in [-0.15, -0.1) is 0 Å². The maximum atomic E-state index is 3.76. The Balaban J connectivity index is 1.92. The Bertz CT molecular complexity index is 274. The molecule has 2 fully saturated rings. The SMILES string of the molecule is CCSC1CCC(N2CCCNC(C(C)(C)C)C2)C1. The Morgan fingerprint density at radius 2 is 2.05 bits per heavy atom. The van der Waals surface area contributed by atoms with E-state index in [2.05, 4.69) is 49.7 Å². The van der Waals surface area contributed by atoms with Crippen molar-refractivity contribution in [2.24, 2.45) is 5.41 Å². The summed E-state index contributed by atoms with van der Waals surface area (Å²) in [5, 5.41) is 4.69. The van der Waals surface area contributed by atoms with Crippen molar-refractivity contribution >= 4 is 11.8 Å². The lowest BCUT2D eigenvalue weighted by molar-refractivity contribution is 0.155. The molecule has 2 aliphatic rings. The van der Waals surface area contributed by atoms with Crippen molar-refractivity contribution in [3.8, 4) is 0 Å². The summed E-state index contributed by atoms with van der Waals surface area (Å²) in [4.78, 5) is 2.80. The number of hydrogen-bond donors (Lipinski definition) is 1. The van der Waals surface area contributed by atoms with Crippen molar-refractivity contribution in [3.05, 3.63) is 0 Å². The fourth-order valence-electron chi connectivity index (χ4n) is 3.50. The zero-order valence-corrected chi connectivity index (χ0v) is 14.1. The van der Waals surface area contributed by atoms with Crippen molar-refractivity contribution in [1.82, 2.24) is 10.2 Å². The highest BCUT2D eigenvalue weighted by Crippen LogP contribution is 2.34. The molecule has 1 aliphatic carbocycles.